The van der Waals surface area contributed by atoms with Gasteiger partial charge in [-0.3, -0.25) is 9.59 Å². The average molecular weight is 542 g/mol. The number of urea groups is 1. The molecule has 0 aliphatic carbocycles. The van der Waals surface area contributed by atoms with Crippen LogP contribution in [0.3, 0.4) is 0 Å². The van der Waals surface area contributed by atoms with E-state index in [1.54, 1.807) is 6.08 Å². The molecular weight excluding hydrogens is 498 g/mol. The minimum absolute atomic E-state index is 0.0462. The van der Waals surface area contributed by atoms with E-state index < -0.39 is 12.1 Å². The maximum absolute atomic E-state index is 13.3. The molecule has 0 saturated heterocycles. The van der Waals surface area contributed by atoms with E-state index in [-0.39, 0.29) is 37.4 Å². The van der Waals surface area contributed by atoms with E-state index in [4.69, 9.17) is 11.5 Å². The van der Waals surface area contributed by atoms with Crippen LogP contribution in [0.25, 0.3) is 0 Å². The van der Waals surface area contributed by atoms with Gasteiger partial charge in [-0.05, 0) is 50.1 Å². The van der Waals surface area contributed by atoms with E-state index in [1.807, 2.05) is 55.4 Å². The van der Waals surface area contributed by atoms with Crippen molar-refractivity contribution < 1.29 is 19.2 Å². The number of rotatable bonds is 17. The second-order valence-electron chi connectivity index (χ2n) is 9.61. The molecule has 11 heteroatoms. The molecule has 1 aromatic rings. The average Bonchev–Trinajstić information content (AvgIpc) is 3.34. The van der Waals surface area contributed by atoms with Gasteiger partial charge in [0.15, 0.2) is 0 Å². The van der Waals surface area contributed by atoms with Crippen molar-refractivity contribution in [3.8, 4) is 0 Å². The van der Waals surface area contributed by atoms with E-state index >= 15 is 0 Å². The van der Waals surface area contributed by atoms with Gasteiger partial charge >= 0.3 is 6.03 Å². The molecule has 0 aromatic heterocycles. The second-order valence-corrected chi connectivity index (χ2v) is 9.61. The summed E-state index contributed by atoms with van der Waals surface area (Å²) in [6.45, 7) is 4.07. The summed E-state index contributed by atoms with van der Waals surface area (Å²) in [5.74, 6) is -0.449. The summed E-state index contributed by atoms with van der Waals surface area (Å²) in [4.78, 5) is 53.7. The van der Waals surface area contributed by atoms with Gasteiger partial charge in [0.2, 0.25) is 11.8 Å². The van der Waals surface area contributed by atoms with Crippen LogP contribution in [-0.2, 0) is 14.4 Å². The van der Waals surface area contributed by atoms with E-state index in [9.17, 15) is 19.2 Å². The summed E-state index contributed by atoms with van der Waals surface area (Å²) >= 11 is 0. The fourth-order valence-corrected chi connectivity index (χ4v) is 4.41. The van der Waals surface area contributed by atoms with Gasteiger partial charge in [0, 0.05) is 51.4 Å². The SMILES string of the molecule is C/C=C\CN(C)/C=C/CN(CC(=O)N(CC=O)CCC1CNc2ccccc21)C(=O)C(N)CCCNC(N)=O. The first-order valence-electron chi connectivity index (χ1n) is 13.4. The summed E-state index contributed by atoms with van der Waals surface area (Å²) in [5, 5.41) is 5.86. The van der Waals surface area contributed by atoms with E-state index in [1.165, 1.54) is 15.4 Å². The number of nitrogens with zero attached hydrogens (tertiary/aromatic N) is 3. The van der Waals surface area contributed by atoms with Crippen molar-refractivity contribution in [1.29, 1.82) is 0 Å². The zero-order chi connectivity index (χ0) is 28.6. The molecule has 0 saturated carbocycles. The standard InChI is InChI=1S/C28H43N7O4/c1-3-4-14-33(2)15-8-16-35(27(38)24(29)10-7-13-31-28(30)39)21-26(37)34(18-19-36)17-12-22-20-32-25-11-6-5-9-23(22)25/h3-6,8-9,11,15,19,22,24,32H,7,10,12-14,16-18,20-21,29H2,1-2H3,(H3,30,31,39)/b4-3-,15-8+. The molecule has 2 rings (SSSR count). The van der Waals surface area contributed by atoms with Gasteiger partial charge in [0.25, 0.3) is 0 Å². The van der Waals surface area contributed by atoms with Crippen molar-refractivity contribution in [2.24, 2.45) is 11.5 Å². The first-order chi connectivity index (χ1) is 18.8. The second kappa shape index (κ2) is 16.9. The summed E-state index contributed by atoms with van der Waals surface area (Å²) in [7, 11) is 1.91. The Labute approximate surface area is 231 Å². The third kappa shape index (κ3) is 10.8. The van der Waals surface area contributed by atoms with Crippen LogP contribution >= 0.6 is 0 Å². The van der Waals surface area contributed by atoms with E-state index in [0.717, 1.165) is 12.2 Å². The highest BCUT2D eigenvalue weighted by Gasteiger charge is 2.26. The number of fused-ring (bicyclic) bond motifs is 1. The van der Waals surface area contributed by atoms with Crippen molar-refractivity contribution in [3.05, 3.63) is 54.3 Å². The minimum Gasteiger partial charge on any atom is -0.384 e. The molecule has 6 N–H and O–H groups in total. The van der Waals surface area contributed by atoms with Crippen molar-refractivity contribution in [2.75, 3.05) is 58.2 Å². The lowest BCUT2D eigenvalue weighted by molar-refractivity contribution is -0.141. The van der Waals surface area contributed by atoms with Gasteiger partial charge in [0.05, 0.1) is 12.6 Å². The predicted molar refractivity (Wildman–Crippen MR) is 153 cm³/mol. The number of nitrogens with two attached hydrogens (primary N) is 2. The monoisotopic (exact) mass is 541 g/mol. The van der Waals surface area contributed by atoms with Crippen molar-refractivity contribution in [1.82, 2.24) is 20.0 Å². The Bertz CT molecular complexity index is 1010. The first-order valence-corrected chi connectivity index (χ1v) is 13.4. The Morgan fingerprint density at radius 1 is 1.15 bits per heavy atom. The van der Waals surface area contributed by atoms with E-state index in [0.29, 0.717) is 45.2 Å². The van der Waals surface area contributed by atoms with Crippen LogP contribution < -0.4 is 22.1 Å². The zero-order valence-electron chi connectivity index (χ0n) is 23.1. The molecule has 1 aliphatic heterocycles. The number of para-hydroxylation sites is 1. The quantitative estimate of drug-likeness (QED) is 0.131. The summed E-state index contributed by atoms with van der Waals surface area (Å²) in [6, 6.07) is 6.60. The zero-order valence-corrected chi connectivity index (χ0v) is 23.1. The molecule has 4 amide bonds. The highest BCUT2D eigenvalue weighted by Crippen LogP contribution is 2.33. The Balaban J connectivity index is 2.05. The highest BCUT2D eigenvalue weighted by molar-refractivity contribution is 5.88. The molecule has 1 heterocycles. The van der Waals surface area contributed by atoms with Gasteiger partial charge in [-0.15, -0.1) is 0 Å². The number of carbonyl (C=O) groups is 4. The molecule has 0 fully saturated rings. The number of aldehydes is 1. The molecule has 2 atom stereocenters. The fourth-order valence-electron chi connectivity index (χ4n) is 4.41. The number of allylic oxidation sites excluding steroid dienone is 1. The molecule has 39 heavy (non-hydrogen) atoms. The lowest BCUT2D eigenvalue weighted by Crippen LogP contribution is -2.49. The fraction of sp³-hybridized carbons (Fsp3) is 0.500. The highest BCUT2D eigenvalue weighted by atomic mass is 16.2. The smallest absolute Gasteiger partial charge is 0.312 e. The van der Waals surface area contributed by atoms with Gasteiger partial charge in [-0.2, -0.15) is 0 Å². The largest absolute Gasteiger partial charge is 0.384 e. The number of primary amides is 1. The lowest BCUT2D eigenvalue weighted by atomic mass is 9.98. The molecule has 11 nitrogen and oxygen atoms in total. The van der Waals surface area contributed by atoms with E-state index in [2.05, 4.69) is 16.7 Å². The lowest BCUT2D eigenvalue weighted by Gasteiger charge is -2.28. The van der Waals surface area contributed by atoms with Crippen LogP contribution in [0.1, 0.15) is 37.7 Å². The van der Waals surface area contributed by atoms with Crippen LogP contribution in [0.2, 0.25) is 0 Å². The van der Waals surface area contributed by atoms with Crippen molar-refractivity contribution >= 4 is 29.8 Å². The number of amides is 4. The number of hydrogen-bond donors (Lipinski definition) is 4. The summed E-state index contributed by atoms with van der Waals surface area (Å²) < 4.78 is 0. The van der Waals surface area contributed by atoms with Crippen LogP contribution in [-0.4, -0.2) is 97.7 Å². The Morgan fingerprint density at radius 3 is 2.64 bits per heavy atom. The number of likely N-dealkylation sites (N-methyl/N-ethyl adjacent to an activating group) is 1. The maximum atomic E-state index is 13.3. The van der Waals surface area contributed by atoms with Gasteiger partial charge in [-0.1, -0.05) is 30.4 Å². The van der Waals surface area contributed by atoms with Crippen LogP contribution in [0.5, 0.6) is 0 Å². The van der Waals surface area contributed by atoms with Crippen LogP contribution in [0.15, 0.2) is 48.7 Å². The molecule has 0 spiro atoms. The summed E-state index contributed by atoms with van der Waals surface area (Å²) in [6.07, 6.45) is 9.80. The molecule has 1 aliphatic rings. The minimum atomic E-state index is -0.845. The number of benzene rings is 1. The maximum Gasteiger partial charge on any atom is 0.312 e. The topological polar surface area (TPSA) is 154 Å². The van der Waals surface area contributed by atoms with Gasteiger partial charge in [0.1, 0.15) is 12.8 Å². The molecule has 214 valence electrons. The normalized spacial score (nSPS) is 15.0. The Hall–Kier alpha value is -3.86. The van der Waals surface area contributed by atoms with Crippen LogP contribution in [0, 0.1) is 0 Å². The third-order valence-electron chi connectivity index (χ3n) is 6.60. The first kappa shape index (κ1) is 31.4. The van der Waals surface area contributed by atoms with Gasteiger partial charge in [-0.25, -0.2) is 4.79 Å². The third-order valence-corrected chi connectivity index (χ3v) is 6.60. The summed E-state index contributed by atoms with van der Waals surface area (Å²) in [5.41, 5.74) is 13.5. The molecule has 0 bridgehead atoms. The van der Waals surface area contributed by atoms with Crippen molar-refractivity contribution in [2.45, 2.75) is 38.1 Å². The number of anilines is 1. The predicted octanol–water partition coefficient (Wildman–Crippen LogP) is 1.24. The number of carbonyl (C=O) groups excluding carboxylic acids is 4. The molecule has 0 radical (unpaired) electrons. The number of hydrogen-bond acceptors (Lipinski definition) is 7. The Kier molecular flexibility index (Phi) is 13.6. The molecule has 1 aromatic carbocycles. The van der Waals surface area contributed by atoms with Gasteiger partial charge < -0.3 is 41.6 Å². The van der Waals surface area contributed by atoms with Crippen molar-refractivity contribution in [3.63, 3.8) is 0 Å². The number of nitrogens with one attached hydrogen (secondary N) is 2. The molecular formula is C28H43N7O4. The Morgan fingerprint density at radius 2 is 1.92 bits per heavy atom. The molecule has 2 unspecified atom stereocenters. The van der Waals surface area contributed by atoms with Crippen LogP contribution in [0.4, 0.5) is 10.5 Å².